The minimum Gasteiger partial charge on any atom is -0.390 e. The molecule has 0 aliphatic carbocycles. The highest BCUT2D eigenvalue weighted by molar-refractivity contribution is 7.85. The van der Waals surface area contributed by atoms with Gasteiger partial charge in [-0.2, -0.15) is 0 Å². The maximum atomic E-state index is 11.4. The molecule has 0 bridgehead atoms. The summed E-state index contributed by atoms with van der Waals surface area (Å²) in [5, 5.41) is 9.50. The van der Waals surface area contributed by atoms with Crippen molar-refractivity contribution >= 4 is 10.8 Å². The van der Waals surface area contributed by atoms with E-state index < -0.39 is 16.9 Å². The molecule has 0 saturated carbocycles. The lowest BCUT2D eigenvalue weighted by Gasteiger charge is -2.10. The Morgan fingerprint density at radius 2 is 1.93 bits per heavy atom. The van der Waals surface area contributed by atoms with Gasteiger partial charge in [-0.1, -0.05) is 26.7 Å². The van der Waals surface area contributed by atoms with E-state index in [1.165, 1.54) is 0 Å². The number of aliphatic hydroxyl groups excluding tert-OH is 1. The summed E-state index contributed by atoms with van der Waals surface area (Å²) in [5.74, 6) is 1.05. The van der Waals surface area contributed by atoms with Crippen molar-refractivity contribution in [3.8, 4) is 0 Å². The summed E-state index contributed by atoms with van der Waals surface area (Å²) in [4.78, 5) is 0. The molecule has 4 heteroatoms. The van der Waals surface area contributed by atoms with Gasteiger partial charge >= 0.3 is 0 Å². The molecule has 0 amide bonds. The predicted molar refractivity (Wildman–Crippen MR) is 64.5 cm³/mol. The normalized spacial score (nSPS) is 15.1. The first-order chi connectivity index (χ1) is 7.20. The smallest absolute Gasteiger partial charge is 0.0888 e. The number of rotatable bonds is 10. The quantitative estimate of drug-likeness (QED) is 0.587. The number of aliphatic hydroxyl groups is 1. The zero-order valence-electron chi connectivity index (χ0n) is 9.91. The molecule has 0 spiro atoms. The van der Waals surface area contributed by atoms with Gasteiger partial charge in [0.25, 0.3) is 0 Å². The maximum absolute atomic E-state index is 11.4. The monoisotopic (exact) mass is 236 g/mol. The van der Waals surface area contributed by atoms with E-state index in [1.54, 1.807) is 0 Å². The number of hydrogen-bond acceptors (Lipinski definition) is 3. The Morgan fingerprint density at radius 1 is 1.27 bits per heavy atom. The van der Waals surface area contributed by atoms with E-state index in [2.05, 4.69) is 13.8 Å². The molecule has 0 radical (unpaired) electrons. The average Bonchev–Trinajstić information content (AvgIpc) is 2.21. The van der Waals surface area contributed by atoms with Crippen LogP contribution in [0, 0.1) is 0 Å². The van der Waals surface area contributed by atoms with Crippen molar-refractivity contribution in [3.63, 3.8) is 0 Å². The van der Waals surface area contributed by atoms with Crippen molar-refractivity contribution in [1.29, 1.82) is 0 Å². The molecule has 0 saturated heterocycles. The van der Waals surface area contributed by atoms with Crippen LogP contribution in [0.4, 0.5) is 0 Å². The van der Waals surface area contributed by atoms with E-state index in [9.17, 15) is 9.32 Å². The molecule has 0 aliphatic rings. The minimum atomic E-state index is -0.887. The van der Waals surface area contributed by atoms with Gasteiger partial charge in [-0.3, -0.25) is 4.21 Å². The van der Waals surface area contributed by atoms with Gasteiger partial charge in [0.15, 0.2) is 0 Å². The summed E-state index contributed by atoms with van der Waals surface area (Å²) in [6.45, 7) is 5.17. The second kappa shape index (κ2) is 10.6. The van der Waals surface area contributed by atoms with E-state index in [0.717, 1.165) is 25.7 Å². The van der Waals surface area contributed by atoms with E-state index in [4.69, 9.17) is 4.74 Å². The Morgan fingerprint density at radius 3 is 2.53 bits per heavy atom. The third kappa shape index (κ3) is 10.4. The second-order valence-electron chi connectivity index (χ2n) is 3.75. The fraction of sp³-hybridized carbons (Fsp3) is 1.00. The zero-order valence-corrected chi connectivity index (χ0v) is 10.7. The van der Waals surface area contributed by atoms with Crippen LogP contribution in [0.1, 0.15) is 39.5 Å². The van der Waals surface area contributed by atoms with E-state index >= 15 is 0 Å². The minimum absolute atomic E-state index is 0.317. The standard InChI is InChI=1S/C11H24O3S/c1-3-5-7-14-9-11(12)10-15(13)8-6-4-2/h11-12H,3-10H2,1-2H3/t11-,15-/m0/s1. The molecule has 3 nitrogen and oxygen atoms in total. The number of hydrogen-bond donors (Lipinski definition) is 1. The van der Waals surface area contributed by atoms with Crippen LogP contribution < -0.4 is 0 Å². The molecule has 0 fully saturated rings. The highest BCUT2D eigenvalue weighted by Gasteiger charge is 2.08. The Bertz CT molecular complexity index is 162. The van der Waals surface area contributed by atoms with Gasteiger partial charge in [0.2, 0.25) is 0 Å². The number of ether oxygens (including phenoxy) is 1. The first-order valence-corrected chi connectivity index (χ1v) is 7.30. The van der Waals surface area contributed by atoms with E-state index in [0.29, 0.717) is 24.7 Å². The highest BCUT2D eigenvalue weighted by atomic mass is 32.2. The molecule has 0 heterocycles. The maximum Gasteiger partial charge on any atom is 0.0888 e. The molecule has 0 aromatic carbocycles. The molecular weight excluding hydrogens is 212 g/mol. The summed E-state index contributed by atoms with van der Waals surface area (Å²) in [5.41, 5.74) is 0. The lowest BCUT2D eigenvalue weighted by molar-refractivity contribution is 0.0469. The van der Waals surface area contributed by atoms with Gasteiger partial charge in [-0.15, -0.1) is 0 Å². The van der Waals surface area contributed by atoms with Crippen LogP contribution in [-0.2, 0) is 15.5 Å². The molecule has 2 atom stereocenters. The van der Waals surface area contributed by atoms with Crippen LogP contribution in [0.15, 0.2) is 0 Å². The molecule has 0 aromatic heterocycles. The van der Waals surface area contributed by atoms with Crippen LogP contribution >= 0.6 is 0 Å². The first kappa shape index (κ1) is 15.1. The SMILES string of the molecule is CCCCOC[C@H](O)C[S@@](=O)CCCC. The third-order valence-electron chi connectivity index (χ3n) is 2.06. The molecule has 0 aliphatic heterocycles. The van der Waals surface area contributed by atoms with Crippen molar-refractivity contribution in [2.24, 2.45) is 0 Å². The van der Waals surface area contributed by atoms with Crippen molar-refractivity contribution in [2.45, 2.75) is 45.6 Å². The van der Waals surface area contributed by atoms with E-state index in [-0.39, 0.29) is 0 Å². The summed E-state index contributed by atoms with van der Waals surface area (Å²) < 4.78 is 16.7. The Kier molecular flexibility index (Phi) is 10.6. The van der Waals surface area contributed by atoms with Crippen molar-refractivity contribution in [1.82, 2.24) is 0 Å². The molecule has 0 unspecified atom stereocenters. The Labute approximate surface area is 95.7 Å². The van der Waals surface area contributed by atoms with Crippen LogP contribution in [0.5, 0.6) is 0 Å². The molecule has 0 rings (SSSR count). The van der Waals surface area contributed by atoms with Crippen LogP contribution in [0.3, 0.4) is 0 Å². The Balaban J connectivity index is 3.38. The first-order valence-electron chi connectivity index (χ1n) is 5.81. The molecule has 0 aromatic rings. The average molecular weight is 236 g/mol. The van der Waals surface area contributed by atoms with Crippen molar-refractivity contribution in [2.75, 3.05) is 24.7 Å². The Hall–Kier alpha value is 0.0700. The topological polar surface area (TPSA) is 46.5 Å². The lowest BCUT2D eigenvalue weighted by Crippen LogP contribution is -2.24. The fourth-order valence-corrected chi connectivity index (χ4v) is 2.42. The largest absolute Gasteiger partial charge is 0.390 e. The highest BCUT2D eigenvalue weighted by Crippen LogP contribution is 1.97. The predicted octanol–water partition coefficient (Wildman–Crippen LogP) is 1.71. The zero-order chi connectivity index (χ0) is 11.5. The number of unbranched alkanes of at least 4 members (excludes halogenated alkanes) is 2. The van der Waals surface area contributed by atoms with E-state index in [1.807, 2.05) is 0 Å². The summed E-state index contributed by atoms with van der Waals surface area (Å²) in [6, 6.07) is 0. The summed E-state index contributed by atoms with van der Waals surface area (Å²) in [7, 11) is -0.887. The molecular formula is C11H24O3S. The molecule has 1 N–H and O–H groups in total. The van der Waals surface area contributed by atoms with Crippen LogP contribution in [-0.4, -0.2) is 40.1 Å². The van der Waals surface area contributed by atoms with Crippen LogP contribution in [0.2, 0.25) is 0 Å². The molecule has 92 valence electrons. The van der Waals surface area contributed by atoms with Gasteiger partial charge in [0.05, 0.1) is 18.5 Å². The van der Waals surface area contributed by atoms with Crippen LogP contribution in [0.25, 0.3) is 0 Å². The van der Waals surface area contributed by atoms with Crippen molar-refractivity contribution < 1.29 is 14.1 Å². The van der Waals surface area contributed by atoms with Gasteiger partial charge in [0.1, 0.15) is 0 Å². The summed E-state index contributed by atoms with van der Waals surface area (Å²) in [6.07, 6.45) is 3.56. The van der Waals surface area contributed by atoms with Gasteiger partial charge < -0.3 is 9.84 Å². The second-order valence-corrected chi connectivity index (χ2v) is 5.37. The molecule has 15 heavy (non-hydrogen) atoms. The third-order valence-corrected chi connectivity index (χ3v) is 3.56. The van der Waals surface area contributed by atoms with Gasteiger partial charge in [0, 0.05) is 23.2 Å². The fourth-order valence-electron chi connectivity index (χ4n) is 1.12. The lowest BCUT2D eigenvalue weighted by atomic mass is 10.3. The van der Waals surface area contributed by atoms with Gasteiger partial charge in [-0.25, -0.2) is 0 Å². The van der Waals surface area contributed by atoms with Gasteiger partial charge in [-0.05, 0) is 12.8 Å². The van der Waals surface area contributed by atoms with Crippen molar-refractivity contribution in [3.05, 3.63) is 0 Å². The summed E-state index contributed by atoms with van der Waals surface area (Å²) >= 11 is 0.